The minimum atomic E-state index is 0.214. The van der Waals surface area contributed by atoms with Crippen molar-refractivity contribution in [2.24, 2.45) is 12.0 Å². The standard InChI is InChI=1S/C16H26Cl2N4OS/c1-4-19-15(20-10-12-9-13(17)14(18)22(12)2)21-11-16(24-3)5-7-23-8-6-16/h9H,4-8,10-11H2,1-3H3,(H2,19,20,21). The molecule has 2 N–H and O–H groups in total. The van der Waals surface area contributed by atoms with Crippen LogP contribution < -0.4 is 10.6 Å². The number of ether oxygens (including phenoxy) is 1. The number of halogens is 2. The molecule has 1 aromatic rings. The van der Waals surface area contributed by atoms with Gasteiger partial charge >= 0.3 is 0 Å². The van der Waals surface area contributed by atoms with Gasteiger partial charge in [-0.05, 0) is 32.1 Å². The van der Waals surface area contributed by atoms with Gasteiger partial charge in [0.25, 0.3) is 0 Å². The van der Waals surface area contributed by atoms with Crippen LogP contribution in [0.3, 0.4) is 0 Å². The number of guanidine groups is 1. The molecule has 5 nitrogen and oxygen atoms in total. The summed E-state index contributed by atoms with van der Waals surface area (Å²) in [6.45, 7) is 5.93. The Morgan fingerprint density at radius 2 is 2.08 bits per heavy atom. The van der Waals surface area contributed by atoms with Crippen LogP contribution in [0, 0.1) is 0 Å². The van der Waals surface area contributed by atoms with Gasteiger partial charge in [-0.15, -0.1) is 0 Å². The summed E-state index contributed by atoms with van der Waals surface area (Å²) in [5.74, 6) is 0.811. The lowest BCUT2D eigenvalue weighted by Gasteiger charge is -2.36. The number of aromatic nitrogens is 1. The number of hydrogen-bond acceptors (Lipinski definition) is 3. The Bertz CT molecular complexity index is 571. The van der Waals surface area contributed by atoms with E-state index in [1.807, 2.05) is 29.4 Å². The van der Waals surface area contributed by atoms with Crippen LogP contribution in [-0.4, -0.2) is 47.8 Å². The van der Waals surface area contributed by atoms with Crippen LogP contribution >= 0.6 is 35.0 Å². The van der Waals surface area contributed by atoms with Gasteiger partial charge in [0.05, 0.1) is 11.6 Å². The number of rotatable bonds is 6. The zero-order valence-electron chi connectivity index (χ0n) is 14.5. The maximum Gasteiger partial charge on any atom is 0.191 e. The van der Waals surface area contributed by atoms with Gasteiger partial charge in [0, 0.05) is 43.8 Å². The van der Waals surface area contributed by atoms with Crippen molar-refractivity contribution in [2.75, 3.05) is 32.6 Å². The molecule has 0 aromatic carbocycles. The van der Waals surface area contributed by atoms with Gasteiger partial charge in [0.1, 0.15) is 5.15 Å². The van der Waals surface area contributed by atoms with E-state index in [1.165, 1.54) is 0 Å². The lowest BCUT2D eigenvalue weighted by molar-refractivity contribution is 0.0783. The summed E-state index contributed by atoms with van der Waals surface area (Å²) in [5.41, 5.74) is 0.979. The Morgan fingerprint density at radius 1 is 1.38 bits per heavy atom. The monoisotopic (exact) mass is 392 g/mol. The van der Waals surface area contributed by atoms with Crippen molar-refractivity contribution in [3.8, 4) is 0 Å². The second-order valence-corrected chi connectivity index (χ2v) is 7.92. The van der Waals surface area contributed by atoms with Gasteiger partial charge in [0.15, 0.2) is 5.96 Å². The number of aliphatic imine (C=N–C) groups is 1. The molecular formula is C16H26Cl2N4OS. The zero-order valence-corrected chi connectivity index (χ0v) is 16.8. The third kappa shape index (κ3) is 4.97. The molecule has 0 unspecified atom stereocenters. The summed E-state index contributed by atoms with van der Waals surface area (Å²) < 4.78 is 7.57. The van der Waals surface area contributed by atoms with Crippen LogP contribution in [0.15, 0.2) is 11.1 Å². The predicted octanol–water partition coefficient (Wildman–Crippen LogP) is 3.30. The number of thioether (sulfide) groups is 1. The van der Waals surface area contributed by atoms with Crippen LogP contribution in [0.25, 0.3) is 0 Å². The fourth-order valence-electron chi connectivity index (χ4n) is 2.68. The molecule has 0 aliphatic carbocycles. The summed E-state index contributed by atoms with van der Waals surface area (Å²) in [6, 6.07) is 1.86. The first-order chi connectivity index (χ1) is 11.5. The van der Waals surface area contributed by atoms with Crippen molar-refractivity contribution in [3.63, 3.8) is 0 Å². The van der Waals surface area contributed by atoms with Gasteiger partial charge in [-0.2, -0.15) is 11.8 Å². The molecule has 1 fully saturated rings. The van der Waals surface area contributed by atoms with Crippen LogP contribution in [0.2, 0.25) is 10.2 Å². The fourth-order valence-corrected chi connectivity index (χ4v) is 3.89. The lowest BCUT2D eigenvalue weighted by Crippen LogP contribution is -2.47. The minimum absolute atomic E-state index is 0.214. The van der Waals surface area contributed by atoms with Gasteiger partial charge < -0.3 is 19.9 Å². The molecule has 0 atom stereocenters. The van der Waals surface area contributed by atoms with Crippen LogP contribution in [-0.2, 0) is 18.3 Å². The fraction of sp³-hybridized carbons (Fsp3) is 0.688. The van der Waals surface area contributed by atoms with E-state index in [9.17, 15) is 0 Å². The van der Waals surface area contributed by atoms with Crippen LogP contribution in [0.5, 0.6) is 0 Å². The maximum absolute atomic E-state index is 6.11. The summed E-state index contributed by atoms with van der Waals surface area (Å²) in [5, 5.41) is 7.88. The van der Waals surface area contributed by atoms with E-state index < -0.39 is 0 Å². The highest BCUT2D eigenvalue weighted by Gasteiger charge is 2.31. The molecule has 8 heteroatoms. The molecule has 1 aliphatic rings. The van der Waals surface area contributed by atoms with E-state index in [2.05, 4.69) is 28.8 Å². The summed E-state index contributed by atoms with van der Waals surface area (Å²) in [4.78, 5) is 4.66. The second-order valence-electron chi connectivity index (χ2n) is 5.88. The first-order valence-electron chi connectivity index (χ1n) is 8.16. The normalized spacial score (nSPS) is 17.8. The summed E-state index contributed by atoms with van der Waals surface area (Å²) >= 11 is 14.1. The maximum atomic E-state index is 6.11. The van der Waals surface area contributed by atoms with Crippen molar-refractivity contribution in [2.45, 2.75) is 31.1 Å². The Kier molecular flexibility index (Phi) is 7.60. The topological polar surface area (TPSA) is 50.6 Å². The molecule has 0 radical (unpaired) electrons. The first kappa shape index (κ1) is 19.8. The average Bonchev–Trinajstić information content (AvgIpc) is 2.85. The van der Waals surface area contributed by atoms with E-state index in [0.29, 0.717) is 16.7 Å². The molecule has 24 heavy (non-hydrogen) atoms. The molecule has 0 saturated carbocycles. The van der Waals surface area contributed by atoms with E-state index in [1.54, 1.807) is 0 Å². The highest BCUT2D eigenvalue weighted by molar-refractivity contribution is 8.00. The van der Waals surface area contributed by atoms with Crippen molar-refractivity contribution < 1.29 is 4.74 Å². The molecule has 1 aliphatic heterocycles. The predicted molar refractivity (Wildman–Crippen MR) is 105 cm³/mol. The van der Waals surface area contributed by atoms with Crippen molar-refractivity contribution in [1.29, 1.82) is 0 Å². The van der Waals surface area contributed by atoms with Crippen molar-refractivity contribution >= 4 is 40.9 Å². The number of nitrogens with one attached hydrogen (secondary N) is 2. The highest BCUT2D eigenvalue weighted by Crippen LogP contribution is 2.33. The minimum Gasteiger partial charge on any atom is -0.381 e. The number of hydrogen-bond donors (Lipinski definition) is 2. The van der Waals surface area contributed by atoms with E-state index in [4.69, 9.17) is 27.9 Å². The Balaban J connectivity index is 2.01. The molecule has 0 spiro atoms. The zero-order chi connectivity index (χ0) is 17.6. The largest absolute Gasteiger partial charge is 0.381 e. The Morgan fingerprint density at radius 3 is 2.62 bits per heavy atom. The molecule has 2 heterocycles. The average molecular weight is 393 g/mol. The van der Waals surface area contributed by atoms with Gasteiger partial charge in [-0.25, -0.2) is 4.99 Å². The third-order valence-electron chi connectivity index (χ3n) is 4.37. The van der Waals surface area contributed by atoms with Crippen molar-refractivity contribution in [3.05, 3.63) is 21.9 Å². The molecule has 0 amide bonds. The molecule has 2 rings (SSSR count). The summed E-state index contributed by atoms with van der Waals surface area (Å²) in [7, 11) is 1.89. The molecular weight excluding hydrogens is 367 g/mol. The van der Waals surface area contributed by atoms with E-state index in [0.717, 1.165) is 50.8 Å². The van der Waals surface area contributed by atoms with Crippen LogP contribution in [0.1, 0.15) is 25.5 Å². The second kappa shape index (κ2) is 9.22. The van der Waals surface area contributed by atoms with E-state index in [-0.39, 0.29) is 4.75 Å². The van der Waals surface area contributed by atoms with Gasteiger partial charge in [-0.3, -0.25) is 0 Å². The smallest absolute Gasteiger partial charge is 0.191 e. The first-order valence-corrected chi connectivity index (χ1v) is 10.1. The molecule has 1 saturated heterocycles. The molecule has 0 bridgehead atoms. The Labute approximate surface area is 158 Å². The quantitative estimate of drug-likeness (QED) is 0.575. The van der Waals surface area contributed by atoms with Crippen LogP contribution in [0.4, 0.5) is 0 Å². The van der Waals surface area contributed by atoms with Gasteiger partial charge in [-0.1, -0.05) is 23.2 Å². The highest BCUT2D eigenvalue weighted by atomic mass is 35.5. The lowest BCUT2D eigenvalue weighted by atomic mass is 9.99. The summed E-state index contributed by atoms with van der Waals surface area (Å²) in [6.07, 6.45) is 4.29. The Hall–Kier alpha value is -0.560. The molecule has 1 aromatic heterocycles. The number of nitrogens with zero attached hydrogens (tertiary/aromatic N) is 2. The van der Waals surface area contributed by atoms with Gasteiger partial charge in [0.2, 0.25) is 0 Å². The van der Waals surface area contributed by atoms with E-state index >= 15 is 0 Å². The van der Waals surface area contributed by atoms with Crippen molar-refractivity contribution in [1.82, 2.24) is 15.2 Å². The SMILES string of the molecule is CCNC(=NCc1cc(Cl)c(Cl)n1C)NCC1(SC)CCOCC1. The molecule has 136 valence electrons. The third-order valence-corrected chi connectivity index (χ3v) is 6.63.